The van der Waals surface area contributed by atoms with E-state index in [-0.39, 0.29) is 13.0 Å². The second-order valence-electron chi connectivity index (χ2n) is 19.0. The van der Waals surface area contributed by atoms with Crippen molar-refractivity contribution in [3.8, 4) is 0 Å². The molecule has 12 nitrogen and oxygen atoms in total. The Hall–Kier alpha value is -2.22. The molecule has 1 aliphatic carbocycles. The van der Waals surface area contributed by atoms with Gasteiger partial charge in [-0.05, 0) is 83.5 Å². The fourth-order valence-corrected chi connectivity index (χ4v) is 9.17. The van der Waals surface area contributed by atoms with Crippen molar-refractivity contribution < 1.29 is 58.3 Å². The van der Waals surface area contributed by atoms with Gasteiger partial charge in [-0.25, -0.2) is 4.57 Å². The van der Waals surface area contributed by atoms with Gasteiger partial charge in [-0.3, -0.25) is 13.8 Å². The van der Waals surface area contributed by atoms with Crippen LogP contribution in [0.1, 0.15) is 219 Å². The van der Waals surface area contributed by atoms with Gasteiger partial charge in [-0.2, -0.15) is 0 Å². The first-order chi connectivity index (χ1) is 34.0. The fourth-order valence-electron chi connectivity index (χ4n) is 8.20. The van der Waals surface area contributed by atoms with Crippen molar-refractivity contribution >= 4 is 13.8 Å². The molecular formula is C57H101O12P. The summed E-state index contributed by atoms with van der Waals surface area (Å²) in [6, 6.07) is 0. The summed E-state index contributed by atoms with van der Waals surface area (Å²) in [5, 5.41) is 50.4. The Bertz CT molecular complexity index is 1430. The zero-order valence-electron chi connectivity index (χ0n) is 43.8. The predicted molar refractivity (Wildman–Crippen MR) is 285 cm³/mol. The van der Waals surface area contributed by atoms with Crippen LogP contribution in [0.2, 0.25) is 0 Å². The van der Waals surface area contributed by atoms with Crippen molar-refractivity contribution in [3.05, 3.63) is 72.9 Å². The second kappa shape index (κ2) is 46.6. The molecule has 1 rings (SSSR count). The zero-order valence-corrected chi connectivity index (χ0v) is 44.7. The number of unbranched alkanes of at least 4 members (excludes halogenated alkanes) is 23. The van der Waals surface area contributed by atoms with Crippen molar-refractivity contribution in [1.82, 2.24) is 0 Å². The number of aliphatic hydroxyl groups excluding tert-OH is 5. The highest BCUT2D eigenvalue weighted by Gasteiger charge is 2.51. The molecule has 6 atom stereocenters. The van der Waals surface area contributed by atoms with Gasteiger partial charge >= 0.3 is 13.8 Å². The number of allylic oxidation sites excluding steroid dienone is 12. The smallest absolute Gasteiger partial charge is 0.457 e. The SMILES string of the molecule is CC/C=C\C/C=C\C/C=C\C/C=C\CCCCCCCCCOCC(COP(=O)(O)OC1C(O)C(O)C(O)C(O)C1O)OC(=O)CCCCCCCCCCCCC/C=C\C/C=C\CCCCCCC. The molecule has 1 fully saturated rings. The Morgan fingerprint density at radius 2 is 0.843 bits per heavy atom. The molecule has 0 saturated heterocycles. The van der Waals surface area contributed by atoms with Crippen molar-refractivity contribution in [1.29, 1.82) is 0 Å². The van der Waals surface area contributed by atoms with Gasteiger partial charge in [0.2, 0.25) is 0 Å². The van der Waals surface area contributed by atoms with Gasteiger partial charge in [0.1, 0.15) is 42.7 Å². The maximum atomic E-state index is 12.9. The van der Waals surface area contributed by atoms with E-state index in [1.165, 1.54) is 109 Å². The van der Waals surface area contributed by atoms with Crippen LogP contribution in [-0.2, 0) is 27.9 Å². The standard InChI is InChI=1S/C57H101O12P/c1-3-5-7-9-11-13-15-17-19-21-23-25-26-27-28-30-32-34-36-38-40-42-44-46-51(58)68-50(49-67-70(64,65)69-57-55(62)53(60)52(59)54(61)56(57)63)48-66-47-45-43-41-39-37-35-33-31-29-24-22-20-18-16-14-12-10-8-6-4-2/h6,8,12,14-15,17-18,20-21,23-24,29,50,52-57,59-63H,3-5,7,9-11,13,16,19,22,25-28,30-49H2,1-2H3,(H,64,65)/b8-6-,14-12-,17-15-,20-18-,23-21-,29-24-. The van der Waals surface area contributed by atoms with Gasteiger partial charge < -0.3 is 39.9 Å². The Morgan fingerprint density at radius 3 is 1.29 bits per heavy atom. The van der Waals surface area contributed by atoms with E-state index < -0.39 is 63.1 Å². The molecule has 1 aliphatic rings. The first-order valence-electron chi connectivity index (χ1n) is 27.8. The van der Waals surface area contributed by atoms with E-state index in [1.807, 2.05) is 0 Å². The van der Waals surface area contributed by atoms with Gasteiger partial charge in [0.25, 0.3) is 0 Å². The summed E-state index contributed by atoms with van der Waals surface area (Å²) in [5.74, 6) is -0.484. The Morgan fingerprint density at radius 1 is 0.471 bits per heavy atom. The molecule has 0 radical (unpaired) electrons. The number of hydrogen-bond acceptors (Lipinski definition) is 11. The highest BCUT2D eigenvalue weighted by molar-refractivity contribution is 7.47. The van der Waals surface area contributed by atoms with Crippen LogP contribution >= 0.6 is 7.82 Å². The molecule has 6 N–H and O–H groups in total. The van der Waals surface area contributed by atoms with Crippen LogP contribution < -0.4 is 0 Å². The average Bonchev–Trinajstić information content (AvgIpc) is 3.35. The van der Waals surface area contributed by atoms with Crippen molar-refractivity contribution in [2.45, 2.75) is 262 Å². The van der Waals surface area contributed by atoms with Crippen LogP contribution in [0.4, 0.5) is 0 Å². The van der Waals surface area contributed by atoms with Crippen LogP contribution in [0.5, 0.6) is 0 Å². The summed E-state index contributed by atoms with van der Waals surface area (Å²) < 4.78 is 34.4. The third kappa shape index (κ3) is 37.5. The van der Waals surface area contributed by atoms with Gasteiger partial charge in [0.05, 0.1) is 13.2 Å². The van der Waals surface area contributed by atoms with E-state index in [9.17, 15) is 39.8 Å². The molecule has 13 heteroatoms. The maximum absolute atomic E-state index is 12.9. The van der Waals surface area contributed by atoms with Crippen LogP contribution in [0, 0.1) is 0 Å². The molecule has 0 aromatic rings. The molecule has 6 unspecified atom stereocenters. The van der Waals surface area contributed by atoms with Crippen LogP contribution in [-0.4, -0.2) is 98.9 Å². The van der Waals surface area contributed by atoms with Crippen LogP contribution in [0.25, 0.3) is 0 Å². The number of aliphatic hydroxyl groups is 5. The van der Waals surface area contributed by atoms with Gasteiger partial charge in [-0.15, -0.1) is 0 Å². The maximum Gasteiger partial charge on any atom is 0.472 e. The predicted octanol–water partition coefficient (Wildman–Crippen LogP) is 13.1. The monoisotopic (exact) mass is 1010 g/mol. The van der Waals surface area contributed by atoms with Crippen LogP contribution in [0.3, 0.4) is 0 Å². The van der Waals surface area contributed by atoms with E-state index in [2.05, 4.69) is 86.8 Å². The topological polar surface area (TPSA) is 192 Å². The lowest BCUT2D eigenvalue weighted by Gasteiger charge is -2.41. The first-order valence-corrected chi connectivity index (χ1v) is 29.3. The van der Waals surface area contributed by atoms with E-state index in [4.69, 9.17) is 18.5 Å². The van der Waals surface area contributed by atoms with Gasteiger partial charge in [0, 0.05) is 13.0 Å². The minimum absolute atomic E-state index is 0.0877. The normalized spacial score (nSPS) is 21.4. The Balaban J connectivity index is 2.31. The molecule has 0 aliphatic heterocycles. The van der Waals surface area contributed by atoms with E-state index in [0.717, 1.165) is 83.5 Å². The molecular weight excluding hydrogens is 908 g/mol. The summed E-state index contributed by atoms with van der Waals surface area (Å²) in [6.45, 7) is 4.13. The summed E-state index contributed by atoms with van der Waals surface area (Å²) in [4.78, 5) is 23.3. The number of ether oxygens (including phenoxy) is 2. The molecule has 70 heavy (non-hydrogen) atoms. The number of carbonyl (C=O) groups excluding carboxylic acids is 1. The largest absolute Gasteiger partial charge is 0.472 e. The minimum atomic E-state index is -5.03. The number of rotatable bonds is 47. The summed E-state index contributed by atoms with van der Waals surface area (Å²) in [5.41, 5.74) is 0. The van der Waals surface area contributed by atoms with E-state index in [1.54, 1.807) is 0 Å². The zero-order chi connectivity index (χ0) is 51.2. The first kappa shape index (κ1) is 65.8. The van der Waals surface area contributed by atoms with Crippen molar-refractivity contribution in [3.63, 3.8) is 0 Å². The third-order valence-corrected chi connectivity index (χ3v) is 13.5. The van der Waals surface area contributed by atoms with Crippen molar-refractivity contribution in [2.75, 3.05) is 19.8 Å². The second-order valence-corrected chi connectivity index (χ2v) is 20.5. The number of carbonyl (C=O) groups is 1. The lowest BCUT2D eigenvalue weighted by molar-refractivity contribution is -0.220. The van der Waals surface area contributed by atoms with Gasteiger partial charge in [-0.1, -0.05) is 202 Å². The molecule has 0 aromatic carbocycles. The Labute approximate surface area is 425 Å². The summed E-state index contributed by atoms with van der Waals surface area (Å²) in [7, 11) is -5.03. The average molecular weight is 1010 g/mol. The lowest BCUT2D eigenvalue weighted by Crippen LogP contribution is -2.64. The quantitative estimate of drug-likeness (QED) is 0.0147. The molecule has 0 aromatic heterocycles. The summed E-state index contributed by atoms with van der Waals surface area (Å²) >= 11 is 0. The van der Waals surface area contributed by atoms with E-state index >= 15 is 0 Å². The highest BCUT2D eigenvalue weighted by Crippen LogP contribution is 2.47. The Kier molecular flexibility index (Phi) is 43.8. The molecule has 0 amide bonds. The fraction of sp³-hybridized carbons (Fsp3) is 0.772. The number of phosphoric acid groups is 1. The number of phosphoric ester groups is 1. The molecule has 0 bridgehead atoms. The van der Waals surface area contributed by atoms with Crippen molar-refractivity contribution in [2.24, 2.45) is 0 Å². The summed E-state index contributed by atoms with van der Waals surface area (Å²) in [6.07, 6.45) is 49.6. The third-order valence-electron chi connectivity index (χ3n) is 12.6. The number of hydrogen-bond donors (Lipinski definition) is 6. The van der Waals surface area contributed by atoms with Crippen LogP contribution in [0.15, 0.2) is 72.9 Å². The highest BCUT2D eigenvalue weighted by atomic mass is 31.2. The molecule has 406 valence electrons. The lowest BCUT2D eigenvalue weighted by atomic mass is 9.85. The van der Waals surface area contributed by atoms with E-state index in [0.29, 0.717) is 13.0 Å². The molecule has 0 spiro atoms. The molecule has 1 saturated carbocycles. The minimum Gasteiger partial charge on any atom is -0.457 e. The molecule has 0 heterocycles. The number of esters is 1. The van der Waals surface area contributed by atoms with Gasteiger partial charge in [0.15, 0.2) is 0 Å².